The second-order valence-electron chi connectivity index (χ2n) is 24.9. The van der Waals surface area contributed by atoms with Crippen molar-refractivity contribution in [3.63, 3.8) is 0 Å². The van der Waals surface area contributed by atoms with Crippen LogP contribution >= 0.6 is 0 Å². The molecule has 73 heavy (non-hydrogen) atoms. The van der Waals surface area contributed by atoms with Gasteiger partial charge < -0.3 is 29.9 Å². The molecule has 375 valence electrons. The Bertz CT molecular complexity index is 3400. The van der Waals surface area contributed by atoms with Gasteiger partial charge in [-0.1, -0.05) is 0 Å². The van der Waals surface area contributed by atoms with Crippen LogP contribution in [0.5, 0.6) is 0 Å². The van der Waals surface area contributed by atoms with Gasteiger partial charge >= 0.3 is 17.1 Å². The Hall–Kier alpha value is -5.56. The molecule has 13 rings (SSSR count). The summed E-state index contributed by atoms with van der Waals surface area (Å²) in [5.41, 5.74) is 3.83. The van der Waals surface area contributed by atoms with E-state index in [1.165, 1.54) is 0 Å². The molecule has 9 heterocycles. The van der Waals surface area contributed by atoms with Crippen molar-refractivity contribution in [3.05, 3.63) is 93.0 Å². The van der Waals surface area contributed by atoms with E-state index in [0.717, 1.165) is 64.8 Å². The maximum atomic E-state index is 14.1. The number of hydroxylamine groups is 8. The van der Waals surface area contributed by atoms with Crippen molar-refractivity contribution in [2.75, 3.05) is 0 Å². The first-order valence-electron chi connectivity index (χ1n) is 24.7. The normalized spacial score (nSPS) is 22.0. The fourth-order valence-electron chi connectivity index (χ4n) is 13.6. The summed E-state index contributed by atoms with van der Waals surface area (Å²) in [6, 6.07) is 16.1. The molecular formula is C56H56CuN12O4. The molecule has 0 spiro atoms. The molecule has 0 unspecified atom stereocenters. The molecule has 4 aromatic carbocycles. The minimum atomic E-state index is -0.879. The van der Waals surface area contributed by atoms with E-state index in [4.69, 9.17) is 39.9 Å². The Morgan fingerprint density at radius 1 is 0.288 bits per heavy atom. The van der Waals surface area contributed by atoms with Crippen molar-refractivity contribution in [1.29, 1.82) is 0 Å². The summed E-state index contributed by atoms with van der Waals surface area (Å²) in [5.74, 6) is 1.34. The summed E-state index contributed by atoms with van der Waals surface area (Å²) in [5, 5.41) is 63.7. The van der Waals surface area contributed by atoms with Gasteiger partial charge in [0.25, 0.3) is 0 Å². The van der Waals surface area contributed by atoms with Gasteiger partial charge in [0.05, 0.1) is 67.6 Å². The molecular weight excluding hydrogens is 968 g/mol. The molecule has 16 nitrogen and oxygen atoms in total. The third kappa shape index (κ3) is 5.78. The van der Waals surface area contributed by atoms with Crippen molar-refractivity contribution in [2.45, 2.75) is 155 Å². The van der Waals surface area contributed by atoms with Crippen LogP contribution < -0.4 is 9.97 Å². The van der Waals surface area contributed by atoms with E-state index in [9.17, 15) is 20.8 Å². The van der Waals surface area contributed by atoms with Gasteiger partial charge in [-0.3, -0.25) is 0 Å². The molecule has 0 atom stereocenters. The Labute approximate surface area is 433 Å². The fraction of sp³-hybridized carbons (Fsp3) is 0.429. The van der Waals surface area contributed by atoms with Crippen molar-refractivity contribution >= 4 is 44.1 Å². The first kappa shape index (κ1) is 48.4. The standard InChI is InChI=1S/C56H56N12O4.Cu/c1-49(2)33-17-25-26(18-34(33)50(3,4)65(49)69)42-57-41(25)61-43-27-19-35-36(52(7,8)66(70)51(35,5)6)20-28(27)45(58-43)63-47-31-23-39-40(56(15,16)68(72)55(39,13)14)24-32(31)48(60-47)64-46-30-22-38-37(21-29(30)44(59-46)62-42)53(9,10)67(71)54(38,11)12;/h17-24H,1-16H3;/q-2;+2. The van der Waals surface area contributed by atoms with Crippen LogP contribution in [-0.4, -0.2) is 50.2 Å². The maximum absolute atomic E-state index is 14.1. The van der Waals surface area contributed by atoms with E-state index in [2.05, 4.69) is 0 Å². The first-order valence-corrected chi connectivity index (χ1v) is 24.7. The zero-order chi connectivity index (χ0) is 51.5. The SMILES string of the molecule is CC1(C)c2cc3c(cc2C(C)(C)N1[O])-c1nc-3nc2[n-]c(nc3nc(nc4[n-]c(n1)c1cc5c(cc41)C(C)(C)N([O])C5(C)C)-c1cc4c(cc1-3)C(C)(C)N([O])C4(C)C)c1cc3c(cc21)C(C)(C)N([O])C3(C)C.[Cu+2]. The van der Waals surface area contributed by atoms with Crippen molar-refractivity contribution in [1.82, 2.24) is 60.1 Å². The van der Waals surface area contributed by atoms with Gasteiger partial charge in [0.1, 0.15) is 0 Å². The van der Waals surface area contributed by atoms with Gasteiger partial charge in [-0.2, -0.15) is 0 Å². The minimum Gasteiger partial charge on any atom is -0.357 e. The summed E-state index contributed by atoms with van der Waals surface area (Å²) in [6.45, 7) is 30.8. The van der Waals surface area contributed by atoms with Crippen LogP contribution in [0, 0.1) is 0 Å². The molecule has 7 aromatic rings. The summed E-state index contributed by atoms with van der Waals surface area (Å²) in [7, 11) is 0. The molecule has 8 bridgehead atoms. The maximum Gasteiger partial charge on any atom is 2.00 e. The number of benzene rings is 4. The van der Waals surface area contributed by atoms with Crippen LogP contribution in [0.1, 0.15) is 155 Å². The third-order valence-corrected chi connectivity index (χ3v) is 17.6. The van der Waals surface area contributed by atoms with Gasteiger partial charge in [0, 0.05) is 44.8 Å². The summed E-state index contributed by atoms with van der Waals surface area (Å²) in [6.07, 6.45) is 0. The predicted molar refractivity (Wildman–Crippen MR) is 268 cm³/mol. The number of hydrogen-bond donors (Lipinski definition) is 0. The second-order valence-corrected chi connectivity index (χ2v) is 24.9. The van der Waals surface area contributed by atoms with E-state index in [1.54, 1.807) is 0 Å². The predicted octanol–water partition coefficient (Wildman–Crippen LogP) is 10.7. The van der Waals surface area contributed by atoms with Crippen LogP contribution in [0.3, 0.4) is 0 Å². The molecule has 0 N–H and O–H groups in total. The number of hydrogen-bond acceptors (Lipinski definition) is 10. The number of rotatable bonds is 0. The summed E-state index contributed by atoms with van der Waals surface area (Å²) in [4.78, 5) is 42.2. The molecule has 0 fully saturated rings. The Kier molecular flexibility index (Phi) is 9.29. The van der Waals surface area contributed by atoms with Crippen molar-refractivity contribution < 1.29 is 37.9 Å². The number of nitrogens with zero attached hydrogens (tertiary/aromatic N) is 12. The summed E-state index contributed by atoms with van der Waals surface area (Å²) < 4.78 is 0. The second kappa shape index (κ2) is 14.0. The molecule has 6 aliphatic rings. The summed E-state index contributed by atoms with van der Waals surface area (Å²) >= 11 is 0. The first-order chi connectivity index (χ1) is 33.3. The molecule has 0 amide bonds. The largest absolute Gasteiger partial charge is 2.00 e. The van der Waals surface area contributed by atoms with Gasteiger partial charge in [0.15, 0.2) is 0 Å². The molecule has 3 aromatic heterocycles. The Balaban J connectivity index is 0.00000543. The zero-order valence-electron chi connectivity index (χ0n) is 43.9. The Morgan fingerprint density at radius 2 is 0.452 bits per heavy atom. The van der Waals surface area contributed by atoms with E-state index >= 15 is 0 Å². The molecule has 0 aliphatic carbocycles. The van der Waals surface area contributed by atoms with Gasteiger partial charge in [0.2, 0.25) is 0 Å². The monoisotopic (exact) mass is 1020 g/mol. The molecule has 17 heteroatoms. The van der Waals surface area contributed by atoms with Crippen LogP contribution in [0.15, 0.2) is 48.5 Å². The average molecular weight is 1020 g/mol. The van der Waals surface area contributed by atoms with Gasteiger partial charge in [-0.25, -0.2) is 9.97 Å². The fourth-order valence-corrected chi connectivity index (χ4v) is 13.6. The molecule has 6 aliphatic heterocycles. The van der Waals surface area contributed by atoms with E-state index in [0.29, 0.717) is 89.7 Å². The third-order valence-electron chi connectivity index (χ3n) is 17.6. The van der Waals surface area contributed by atoms with E-state index in [1.807, 2.05) is 159 Å². The van der Waals surface area contributed by atoms with Crippen LogP contribution in [0.25, 0.3) is 89.7 Å². The number of fused-ring (bicyclic) bond motifs is 24. The minimum absolute atomic E-state index is 0. The molecule has 5 radical (unpaired) electrons. The topological polar surface area (TPSA) is 198 Å². The Morgan fingerprint density at radius 3 is 0.630 bits per heavy atom. The smallest absolute Gasteiger partial charge is 0.357 e. The van der Waals surface area contributed by atoms with Gasteiger partial charge in [-0.05, 0) is 225 Å². The van der Waals surface area contributed by atoms with Crippen molar-refractivity contribution in [3.8, 4) is 45.6 Å². The molecule has 0 saturated heterocycles. The zero-order valence-corrected chi connectivity index (χ0v) is 44.9. The van der Waals surface area contributed by atoms with E-state index in [-0.39, 0.29) is 17.1 Å². The van der Waals surface area contributed by atoms with Gasteiger partial charge in [-0.15, -0.1) is 41.1 Å². The van der Waals surface area contributed by atoms with Crippen LogP contribution in [-0.2, 0) is 82.2 Å². The van der Waals surface area contributed by atoms with Crippen LogP contribution in [0.4, 0.5) is 0 Å². The number of aromatic nitrogens is 8. The quantitative estimate of drug-likeness (QED) is 0.130. The van der Waals surface area contributed by atoms with Crippen molar-refractivity contribution in [2.24, 2.45) is 0 Å². The van der Waals surface area contributed by atoms with E-state index < -0.39 is 44.3 Å². The molecule has 0 saturated carbocycles. The average Bonchev–Trinajstić information content (AvgIpc) is 4.12. The van der Waals surface area contributed by atoms with Crippen LogP contribution in [0.2, 0.25) is 0 Å².